The Morgan fingerprint density at radius 3 is 2.81 bits per heavy atom. The highest BCUT2D eigenvalue weighted by atomic mass is 19.1. The van der Waals surface area contributed by atoms with E-state index in [1.165, 1.54) is 12.8 Å². The molecule has 0 aromatic carbocycles. The summed E-state index contributed by atoms with van der Waals surface area (Å²) in [7, 11) is 0. The molecule has 3 aromatic heterocycles. The molecule has 1 saturated carbocycles. The van der Waals surface area contributed by atoms with Crippen molar-refractivity contribution in [3.8, 4) is 11.3 Å². The van der Waals surface area contributed by atoms with E-state index in [2.05, 4.69) is 25.3 Å². The highest BCUT2D eigenvalue weighted by molar-refractivity contribution is 5.89. The minimum Gasteiger partial charge on any atom is -0.382 e. The number of fused-ring (bicyclic) bond motifs is 2. The van der Waals surface area contributed by atoms with Gasteiger partial charge in [0.15, 0.2) is 5.82 Å². The number of piperidine rings is 1. The summed E-state index contributed by atoms with van der Waals surface area (Å²) in [5, 5.41) is 7.74. The lowest BCUT2D eigenvalue weighted by Crippen LogP contribution is -2.48. The number of hydrogen-bond acceptors (Lipinski definition) is 7. The number of anilines is 2. The standard InChI is InChI=1S/C23H27FN8/c1-13-2-5-20-19(26-13)7-6-17(27-20)15-8-11-32-21(15)22(25)29-23(30-32)28-18-9-10-31(12-16(18)24)14-3-4-14/h6-8,11,14,16,18H,2-5,9-10,12H2,1H3,(H3,25,28,29,30)/t16-,18+/m1/s1. The van der Waals surface area contributed by atoms with Crippen LogP contribution in [0.2, 0.25) is 0 Å². The van der Waals surface area contributed by atoms with Crippen LogP contribution in [0.4, 0.5) is 21.8 Å². The summed E-state index contributed by atoms with van der Waals surface area (Å²) in [6, 6.07) is 6.20. The van der Waals surface area contributed by atoms with Crippen LogP contribution in [0.1, 0.15) is 38.3 Å². The zero-order valence-corrected chi connectivity index (χ0v) is 18.1. The second-order valence-electron chi connectivity index (χ2n) is 9.13. The van der Waals surface area contributed by atoms with Crippen LogP contribution in [0.25, 0.3) is 16.8 Å². The average molecular weight is 435 g/mol. The molecular formula is C23H27FN8. The molecule has 3 N–H and O–H groups in total. The number of hydrogen-bond donors (Lipinski definition) is 2. The highest BCUT2D eigenvalue weighted by Gasteiger charge is 2.37. The number of pyridine rings is 1. The fourth-order valence-electron chi connectivity index (χ4n) is 4.84. The van der Waals surface area contributed by atoms with E-state index in [4.69, 9.17) is 10.7 Å². The molecule has 0 spiro atoms. The third kappa shape index (κ3) is 3.50. The SMILES string of the molecule is CC1=Nc2ccc(-c3ccn4nc(N[C@H]5CCN(C6CC6)C[C@H]5F)nc(N)c34)nc2CC1. The van der Waals surface area contributed by atoms with Crippen molar-refractivity contribution in [2.24, 2.45) is 4.99 Å². The minimum atomic E-state index is -0.948. The Labute approximate surface area is 185 Å². The molecule has 0 unspecified atom stereocenters. The Bertz CT molecular complexity index is 1210. The topological polar surface area (TPSA) is 96.7 Å². The Morgan fingerprint density at radius 1 is 1.12 bits per heavy atom. The first kappa shape index (κ1) is 19.6. The van der Waals surface area contributed by atoms with Crippen LogP contribution in [-0.2, 0) is 6.42 Å². The van der Waals surface area contributed by atoms with Gasteiger partial charge >= 0.3 is 0 Å². The van der Waals surface area contributed by atoms with E-state index in [-0.39, 0.29) is 6.04 Å². The van der Waals surface area contributed by atoms with E-state index >= 15 is 0 Å². The van der Waals surface area contributed by atoms with E-state index in [1.807, 2.05) is 31.3 Å². The number of aromatic nitrogens is 4. The van der Waals surface area contributed by atoms with Crippen LogP contribution >= 0.6 is 0 Å². The van der Waals surface area contributed by atoms with Crippen LogP contribution in [0.3, 0.4) is 0 Å². The molecule has 2 aliphatic heterocycles. The Balaban J connectivity index is 1.26. The van der Waals surface area contributed by atoms with Crippen molar-refractivity contribution in [1.82, 2.24) is 24.5 Å². The van der Waals surface area contributed by atoms with Crippen LogP contribution in [0.15, 0.2) is 29.4 Å². The minimum absolute atomic E-state index is 0.303. The predicted octanol–water partition coefficient (Wildman–Crippen LogP) is 3.40. The van der Waals surface area contributed by atoms with Crippen molar-refractivity contribution in [3.63, 3.8) is 0 Å². The van der Waals surface area contributed by atoms with Gasteiger partial charge in [0.25, 0.3) is 0 Å². The van der Waals surface area contributed by atoms with Gasteiger partial charge in [0.1, 0.15) is 11.7 Å². The molecule has 2 fully saturated rings. The third-order valence-corrected chi connectivity index (χ3v) is 6.75. The molecule has 32 heavy (non-hydrogen) atoms. The van der Waals surface area contributed by atoms with Gasteiger partial charge in [-0.1, -0.05) is 0 Å². The fourth-order valence-corrected chi connectivity index (χ4v) is 4.84. The third-order valence-electron chi connectivity index (χ3n) is 6.75. The lowest BCUT2D eigenvalue weighted by molar-refractivity contribution is 0.120. The van der Waals surface area contributed by atoms with Crippen LogP contribution in [0, 0.1) is 0 Å². The molecule has 3 aromatic rings. The summed E-state index contributed by atoms with van der Waals surface area (Å²) < 4.78 is 16.5. The van der Waals surface area contributed by atoms with Gasteiger partial charge < -0.3 is 11.1 Å². The monoisotopic (exact) mass is 434 g/mol. The number of likely N-dealkylation sites (tertiary alicyclic amines) is 1. The van der Waals surface area contributed by atoms with Crippen LogP contribution in [0.5, 0.6) is 0 Å². The normalized spacial score (nSPS) is 23.8. The molecule has 1 aliphatic carbocycles. The largest absolute Gasteiger partial charge is 0.382 e. The zero-order valence-electron chi connectivity index (χ0n) is 18.1. The summed E-state index contributed by atoms with van der Waals surface area (Å²) in [5.74, 6) is 0.703. The molecule has 0 bridgehead atoms. The van der Waals surface area contributed by atoms with Gasteiger partial charge in [-0.25, -0.2) is 8.91 Å². The number of nitrogens with two attached hydrogens (primary N) is 1. The average Bonchev–Trinajstić information content (AvgIpc) is 3.54. The molecule has 1 saturated heterocycles. The molecule has 9 heteroatoms. The number of nitrogen functional groups attached to an aromatic ring is 1. The lowest BCUT2D eigenvalue weighted by Gasteiger charge is -2.35. The van der Waals surface area contributed by atoms with Crippen LogP contribution < -0.4 is 11.1 Å². The van der Waals surface area contributed by atoms with Crippen molar-refractivity contribution >= 4 is 28.7 Å². The first-order valence-corrected chi connectivity index (χ1v) is 11.4. The van der Waals surface area contributed by atoms with Crippen molar-refractivity contribution in [2.75, 3.05) is 24.1 Å². The van der Waals surface area contributed by atoms with Gasteiger partial charge in [-0.2, -0.15) is 4.98 Å². The van der Waals surface area contributed by atoms with E-state index < -0.39 is 6.17 Å². The van der Waals surface area contributed by atoms with Gasteiger partial charge in [-0.15, -0.1) is 5.10 Å². The van der Waals surface area contributed by atoms with Gasteiger partial charge in [0.2, 0.25) is 5.95 Å². The maximum absolute atomic E-state index is 14.8. The molecule has 0 amide bonds. The summed E-state index contributed by atoms with van der Waals surface area (Å²) in [5.41, 5.74) is 11.8. The summed E-state index contributed by atoms with van der Waals surface area (Å²) in [4.78, 5) is 16.1. The quantitative estimate of drug-likeness (QED) is 0.653. The van der Waals surface area contributed by atoms with E-state index in [0.29, 0.717) is 29.9 Å². The number of nitrogens with one attached hydrogen (secondary N) is 1. The molecule has 166 valence electrons. The van der Waals surface area contributed by atoms with Gasteiger partial charge in [0, 0.05) is 36.6 Å². The van der Waals surface area contributed by atoms with Gasteiger partial charge in [-0.05, 0) is 57.2 Å². The number of aryl methyl sites for hydroxylation is 1. The van der Waals surface area contributed by atoms with Crippen molar-refractivity contribution in [3.05, 3.63) is 30.1 Å². The van der Waals surface area contributed by atoms with Gasteiger partial charge in [-0.3, -0.25) is 14.9 Å². The van der Waals surface area contributed by atoms with E-state index in [9.17, 15) is 4.39 Å². The van der Waals surface area contributed by atoms with Crippen molar-refractivity contribution in [1.29, 1.82) is 0 Å². The maximum atomic E-state index is 14.8. The zero-order chi connectivity index (χ0) is 21.8. The lowest BCUT2D eigenvalue weighted by atomic mass is 10.0. The number of aliphatic imine (C=N–C) groups is 1. The summed E-state index contributed by atoms with van der Waals surface area (Å²) >= 11 is 0. The molecule has 8 nitrogen and oxygen atoms in total. The van der Waals surface area contributed by atoms with Gasteiger partial charge in [0.05, 0.1) is 23.1 Å². The summed E-state index contributed by atoms with van der Waals surface area (Å²) in [6.07, 6.45) is 5.84. The molecule has 0 radical (unpaired) electrons. The predicted molar refractivity (Wildman–Crippen MR) is 123 cm³/mol. The highest BCUT2D eigenvalue weighted by Crippen LogP contribution is 2.33. The van der Waals surface area contributed by atoms with Crippen LogP contribution in [-0.4, -0.2) is 61.5 Å². The first-order valence-electron chi connectivity index (χ1n) is 11.4. The molecule has 3 aliphatic rings. The van der Waals surface area contributed by atoms with E-state index in [0.717, 1.165) is 54.2 Å². The second kappa shape index (κ2) is 7.51. The Morgan fingerprint density at radius 2 is 2.00 bits per heavy atom. The molecule has 5 heterocycles. The second-order valence-corrected chi connectivity index (χ2v) is 9.13. The maximum Gasteiger partial charge on any atom is 0.243 e. The molecule has 2 atom stereocenters. The van der Waals surface area contributed by atoms with Crippen molar-refractivity contribution < 1.29 is 4.39 Å². The Hall–Kier alpha value is -3.07. The Kier molecular flexibility index (Phi) is 4.60. The smallest absolute Gasteiger partial charge is 0.243 e. The molecule has 6 rings (SSSR count). The van der Waals surface area contributed by atoms with E-state index in [1.54, 1.807) is 4.52 Å². The number of nitrogens with zero attached hydrogens (tertiary/aromatic N) is 6. The summed E-state index contributed by atoms with van der Waals surface area (Å²) in [6.45, 7) is 3.42. The molecular weight excluding hydrogens is 407 g/mol. The van der Waals surface area contributed by atoms with Crippen molar-refractivity contribution in [2.45, 2.75) is 57.3 Å². The number of halogens is 1. The first-order chi connectivity index (χ1) is 15.5. The number of alkyl halides is 1. The fraction of sp³-hybridized carbons (Fsp3) is 0.478. The number of rotatable bonds is 4.